The minimum absolute atomic E-state index is 0.0548. The van der Waals surface area contributed by atoms with Crippen molar-refractivity contribution in [3.8, 4) is 0 Å². The highest BCUT2D eigenvalue weighted by molar-refractivity contribution is 6.74. The van der Waals surface area contributed by atoms with Gasteiger partial charge in [0.05, 0.1) is 12.6 Å². The maximum absolute atomic E-state index is 12.3. The van der Waals surface area contributed by atoms with Gasteiger partial charge in [-0.1, -0.05) is 51.1 Å². The molecule has 29 heavy (non-hydrogen) atoms. The lowest BCUT2D eigenvalue weighted by Gasteiger charge is -2.37. The van der Waals surface area contributed by atoms with Gasteiger partial charge in [-0.2, -0.15) is 5.06 Å². The number of aromatic amines is 1. The molecule has 1 aromatic heterocycles. The molecule has 2 heterocycles. The number of hydrogen-bond acceptors (Lipinski definition) is 5. The average molecular weight is 418 g/mol. The van der Waals surface area contributed by atoms with Crippen LogP contribution in [0, 0.1) is 0 Å². The molecule has 1 aliphatic rings. The molecule has 0 unspecified atom stereocenters. The summed E-state index contributed by atoms with van der Waals surface area (Å²) in [4.78, 5) is 33.1. The first-order valence-corrected chi connectivity index (χ1v) is 12.9. The molecule has 0 saturated carbocycles. The van der Waals surface area contributed by atoms with Crippen LogP contribution in [-0.4, -0.2) is 35.6 Å². The second kappa shape index (κ2) is 8.39. The molecule has 3 rings (SSSR count). The van der Waals surface area contributed by atoms with E-state index in [4.69, 9.17) is 9.26 Å². The first-order chi connectivity index (χ1) is 13.6. The molecule has 0 amide bonds. The number of hydrogen-bond donors (Lipinski definition) is 1. The van der Waals surface area contributed by atoms with Crippen LogP contribution in [0.15, 0.2) is 52.2 Å². The molecule has 8 heteroatoms. The van der Waals surface area contributed by atoms with Gasteiger partial charge in [0.1, 0.15) is 0 Å². The Morgan fingerprint density at radius 3 is 2.48 bits per heavy atom. The molecule has 158 valence electrons. The van der Waals surface area contributed by atoms with E-state index in [1.165, 1.54) is 12.3 Å². The van der Waals surface area contributed by atoms with Crippen molar-refractivity contribution < 1.29 is 9.26 Å². The van der Waals surface area contributed by atoms with Gasteiger partial charge in [-0.3, -0.25) is 9.63 Å². The number of nitrogens with one attached hydrogen (secondary N) is 1. The van der Waals surface area contributed by atoms with Crippen molar-refractivity contribution in [1.82, 2.24) is 14.6 Å². The van der Waals surface area contributed by atoms with E-state index >= 15 is 0 Å². The Labute approximate surface area is 172 Å². The fourth-order valence-corrected chi connectivity index (χ4v) is 4.14. The molecule has 2 aromatic rings. The number of benzene rings is 1. The number of H-pyrrole nitrogens is 1. The van der Waals surface area contributed by atoms with Gasteiger partial charge in [0.25, 0.3) is 5.56 Å². The molecule has 1 saturated heterocycles. The molecular weight excluding hydrogens is 386 g/mol. The molecule has 0 spiro atoms. The Kier molecular flexibility index (Phi) is 6.28. The first-order valence-electron chi connectivity index (χ1n) is 10.00. The molecule has 0 radical (unpaired) electrons. The van der Waals surface area contributed by atoms with Gasteiger partial charge in [-0.25, -0.2) is 9.36 Å². The number of hydroxylamine groups is 2. The fraction of sp³-hybridized carbons (Fsp3) is 0.524. The van der Waals surface area contributed by atoms with Crippen LogP contribution in [0.2, 0.25) is 18.1 Å². The van der Waals surface area contributed by atoms with E-state index in [-0.39, 0.29) is 16.6 Å². The largest absolute Gasteiger partial charge is 0.415 e. The third-order valence-corrected chi connectivity index (χ3v) is 10.4. The number of nitrogens with zero attached hydrogens (tertiary/aromatic N) is 2. The Bertz CT molecular complexity index is 905. The highest BCUT2D eigenvalue weighted by Gasteiger charge is 2.41. The van der Waals surface area contributed by atoms with Crippen LogP contribution in [-0.2, 0) is 15.8 Å². The van der Waals surface area contributed by atoms with Crippen molar-refractivity contribution in [2.24, 2.45) is 0 Å². The maximum Gasteiger partial charge on any atom is 0.330 e. The van der Waals surface area contributed by atoms with Crippen molar-refractivity contribution in [2.45, 2.75) is 64.1 Å². The zero-order chi connectivity index (χ0) is 21.2. The lowest BCUT2D eigenvalue weighted by Crippen LogP contribution is -2.44. The van der Waals surface area contributed by atoms with Crippen LogP contribution in [0.25, 0.3) is 0 Å². The summed E-state index contributed by atoms with van der Waals surface area (Å²) in [6.45, 7) is 12.1. The third-order valence-electron chi connectivity index (χ3n) is 5.94. The van der Waals surface area contributed by atoms with E-state index in [1.54, 1.807) is 0 Å². The molecule has 1 N–H and O–H groups in total. The van der Waals surface area contributed by atoms with E-state index in [0.717, 1.165) is 10.1 Å². The van der Waals surface area contributed by atoms with Crippen molar-refractivity contribution in [2.75, 3.05) is 6.61 Å². The second-order valence-corrected chi connectivity index (χ2v) is 13.9. The lowest BCUT2D eigenvalue weighted by atomic mass is 10.2. The van der Waals surface area contributed by atoms with Crippen LogP contribution in [0.4, 0.5) is 0 Å². The first kappa shape index (κ1) is 21.7. The summed E-state index contributed by atoms with van der Waals surface area (Å²) in [6, 6.07) is 11.3. The fourth-order valence-electron chi connectivity index (χ4n) is 3.10. The summed E-state index contributed by atoms with van der Waals surface area (Å²) in [7, 11) is -1.94. The molecular formula is C21H31N3O4Si. The second-order valence-electron chi connectivity index (χ2n) is 9.07. The van der Waals surface area contributed by atoms with Crippen LogP contribution < -0.4 is 11.2 Å². The van der Waals surface area contributed by atoms with E-state index in [0.29, 0.717) is 19.6 Å². The molecule has 1 aromatic carbocycles. The standard InChI is InChI=1S/C21H31N3O4Si/c1-21(2,3)29(4,5)27-15-17-13-19(24-18(25)11-12-22-20(24)26)28-23(17)14-16-9-7-6-8-10-16/h6-12,17,19H,13-15H2,1-5H3,(H,22,26)/t17-,19-/m1/s1. The normalized spacial score (nSPS) is 20.9. The Morgan fingerprint density at radius 1 is 1.17 bits per heavy atom. The van der Waals surface area contributed by atoms with Gasteiger partial charge >= 0.3 is 5.69 Å². The summed E-state index contributed by atoms with van der Waals surface area (Å²) in [6.07, 6.45) is 1.22. The van der Waals surface area contributed by atoms with Crippen molar-refractivity contribution in [3.05, 3.63) is 69.0 Å². The molecule has 0 bridgehead atoms. The Hall–Kier alpha value is -2.00. The molecule has 2 atom stereocenters. The van der Waals surface area contributed by atoms with Gasteiger partial charge in [0.2, 0.25) is 0 Å². The third kappa shape index (κ3) is 4.95. The summed E-state index contributed by atoms with van der Waals surface area (Å²) < 4.78 is 7.58. The SMILES string of the molecule is CC(C)(C)[Si](C)(C)OC[C@H]1C[C@H](n2c(=O)cc[nH]c2=O)ON1Cc1ccccc1. The van der Waals surface area contributed by atoms with Crippen molar-refractivity contribution >= 4 is 8.32 Å². The quantitative estimate of drug-likeness (QED) is 0.730. The predicted octanol–water partition coefficient (Wildman–Crippen LogP) is 3.26. The van der Waals surface area contributed by atoms with Gasteiger partial charge in [-0.15, -0.1) is 0 Å². The van der Waals surface area contributed by atoms with Crippen LogP contribution >= 0.6 is 0 Å². The van der Waals surface area contributed by atoms with E-state index in [9.17, 15) is 9.59 Å². The van der Waals surface area contributed by atoms with Crippen LogP contribution in [0.1, 0.15) is 39.0 Å². The highest BCUT2D eigenvalue weighted by atomic mass is 28.4. The molecule has 1 fully saturated rings. The monoisotopic (exact) mass is 417 g/mol. The molecule has 0 aliphatic carbocycles. The van der Waals surface area contributed by atoms with Gasteiger partial charge in [-0.05, 0) is 23.7 Å². The highest BCUT2D eigenvalue weighted by Crippen LogP contribution is 2.38. The van der Waals surface area contributed by atoms with Gasteiger partial charge in [0, 0.05) is 25.2 Å². The van der Waals surface area contributed by atoms with Gasteiger partial charge in [0.15, 0.2) is 14.5 Å². The zero-order valence-corrected chi connectivity index (χ0v) is 18.8. The minimum Gasteiger partial charge on any atom is -0.415 e. The Morgan fingerprint density at radius 2 is 1.86 bits per heavy atom. The summed E-state index contributed by atoms with van der Waals surface area (Å²) in [5.74, 6) is 0. The van der Waals surface area contributed by atoms with Crippen molar-refractivity contribution in [1.29, 1.82) is 0 Å². The summed E-state index contributed by atoms with van der Waals surface area (Å²) in [5.41, 5.74) is 0.261. The van der Waals surface area contributed by atoms with Crippen LogP contribution in [0.5, 0.6) is 0 Å². The topological polar surface area (TPSA) is 76.6 Å². The number of aromatic nitrogens is 2. The van der Waals surface area contributed by atoms with E-state index < -0.39 is 20.2 Å². The maximum atomic E-state index is 12.3. The number of rotatable bonds is 6. The Balaban J connectivity index is 1.82. The smallest absolute Gasteiger partial charge is 0.330 e. The lowest BCUT2D eigenvalue weighted by molar-refractivity contribution is -0.194. The van der Waals surface area contributed by atoms with E-state index in [2.05, 4.69) is 38.8 Å². The average Bonchev–Trinajstić information content (AvgIpc) is 3.02. The predicted molar refractivity (Wildman–Crippen MR) is 115 cm³/mol. The molecule has 1 aliphatic heterocycles. The summed E-state index contributed by atoms with van der Waals surface area (Å²) in [5, 5.41) is 1.95. The van der Waals surface area contributed by atoms with E-state index in [1.807, 2.05) is 35.4 Å². The van der Waals surface area contributed by atoms with Crippen molar-refractivity contribution in [3.63, 3.8) is 0 Å². The van der Waals surface area contributed by atoms with Gasteiger partial charge < -0.3 is 9.41 Å². The minimum atomic E-state index is -1.94. The zero-order valence-electron chi connectivity index (χ0n) is 17.8. The summed E-state index contributed by atoms with van der Waals surface area (Å²) >= 11 is 0. The van der Waals surface area contributed by atoms with Crippen LogP contribution in [0.3, 0.4) is 0 Å². The molecule has 7 nitrogen and oxygen atoms in total.